The largest absolute Gasteiger partial charge is 0.444 e. The number of carbonyl (C=O) groups is 2. The fraction of sp³-hybridized carbons (Fsp3) is 0.190. The normalized spacial score (nSPS) is 13.7. The summed E-state index contributed by atoms with van der Waals surface area (Å²) in [5.74, 6) is 0.367. The van der Waals surface area contributed by atoms with Gasteiger partial charge in [0, 0.05) is 11.3 Å². The molecule has 6 heteroatoms. The number of oxazole rings is 1. The van der Waals surface area contributed by atoms with Crippen LogP contribution in [0.5, 0.6) is 0 Å². The number of aromatic nitrogens is 1. The molecule has 2 N–H and O–H groups in total. The van der Waals surface area contributed by atoms with E-state index in [2.05, 4.69) is 15.6 Å². The van der Waals surface area contributed by atoms with Crippen molar-refractivity contribution in [1.29, 1.82) is 0 Å². The number of benzene rings is 2. The molecule has 1 aliphatic heterocycles. The fourth-order valence-corrected chi connectivity index (χ4v) is 3.16. The number of fused-ring (bicyclic) bond motifs is 1. The van der Waals surface area contributed by atoms with Crippen LogP contribution in [0, 0.1) is 0 Å². The van der Waals surface area contributed by atoms with Crippen molar-refractivity contribution in [2.45, 2.75) is 25.8 Å². The van der Waals surface area contributed by atoms with Crippen LogP contribution in [0.25, 0.3) is 11.5 Å². The molecule has 0 fully saturated rings. The van der Waals surface area contributed by atoms with Gasteiger partial charge in [-0.2, -0.15) is 0 Å². The molecule has 0 spiro atoms. The van der Waals surface area contributed by atoms with Gasteiger partial charge in [0.15, 0.2) is 0 Å². The lowest BCUT2D eigenvalue weighted by atomic mass is 10.0. The number of anilines is 1. The molecule has 2 heterocycles. The molecule has 1 atom stereocenters. The average molecular weight is 361 g/mol. The van der Waals surface area contributed by atoms with Crippen LogP contribution in [-0.4, -0.2) is 16.8 Å². The zero-order chi connectivity index (χ0) is 18.8. The molecule has 2 aromatic carbocycles. The highest BCUT2D eigenvalue weighted by Gasteiger charge is 2.19. The summed E-state index contributed by atoms with van der Waals surface area (Å²) in [5, 5.41) is 5.78. The third kappa shape index (κ3) is 3.74. The highest BCUT2D eigenvalue weighted by atomic mass is 16.3. The molecule has 0 saturated heterocycles. The first-order valence-corrected chi connectivity index (χ1v) is 8.80. The summed E-state index contributed by atoms with van der Waals surface area (Å²) in [6.45, 7) is 1.92. The lowest BCUT2D eigenvalue weighted by Crippen LogP contribution is -2.28. The average Bonchev–Trinajstić information content (AvgIpc) is 3.27. The van der Waals surface area contributed by atoms with Crippen molar-refractivity contribution in [2.75, 3.05) is 5.32 Å². The van der Waals surface area contributed by atoms with E-state index in [0.717, 1.165) is 22.4 Å². The minimum absolute atomic E-state index is 0.000842. The number of nitrogens with zero attached hydrogens (tertiary/aromatic N) is 1. The van der Waals surface area contributed by atoms with E-state index in [0.29, 0.717) is 18.0 Å². The second kappa shape index (κ2) is 7.07. The van der Waals surface area contributed by atoms with Gasteiger partial charge in [0.1, 0.15) is 6.26 Å². The first kappa shape index (κ1) is 17.0. The predicted molar refractivity (Wildman–Crippen MR) is 101 cm³/mol. The summed E-state index contributed by atoms with van der Waals surface area (Å²) in [7, 11) is 0. The van der Waals surface area contributed by atoms with Gasteiger partial charge in [-0.1, -0.05) is 30.3 Å². The van der Waals surface area contributed by atoms with E-state index in [1.807, 2.05) is 55.5 Å². The molecular formula is C21H19N3O3. The zero-order valence-corrected chi connectivity index (χ0v) is 14.9. The van der Waals surface area contributed by atoms with Crippen LogP contribution in [0.2, 0.25) is 0 Å². The van der Waals surface area contributed by atoms with Gasteiger partial charge in [0.2, 0.25) is 17.7 Å². The van der Waals surface area contributed by atoms with Crippen LogP contribution in [0.3, 0.4) is 0 Å². The Morgan fingerprint density at radius 1 is 1.26 bits per heavy atom. The maximum Gasteiger partial charge on any atom is 0.228 e. The number of rotatable bonds is 5. The van der Waals surface area contributed by atoms with E-state index in [1.54, 1.807) is 0 Å². The van der Waals surface area contributed by atoms with Gasteiger partial charge < -0.3 is 15.1 Å². The van der Waals surface area contributed by atoms with Crippen LogP contribution >= 0.6 is 0 Å². The van der Waals surface area contributed by atoms with Gasteiger partial charge in [0.05, 0.1) is 24.6 Å². The van der Waals surface area contributed by atoms with Crippen molar-refractivity contribution < 1.29 is 14.0 Å². The molecule has 27 heavy (non-hydrogen) atoms. The molecule has 136 valence electrons. The molecule has 3 aromatic rings. The zero-order valence-electron chi connectivity index (χ0n) is 14.9. The van der Waals surface area contributed by atoms with Crippen LogP contribution in [0.15, 0.2) is 59.2 Å². The number of nitrogens with one attached hydrogen (secondary N) is 2. The molecule has 2 amide bonds. The van der Waals surface area contributed by atoms with Crippen LogP contribution in [0.1, 0.15) is 29.8 Å². The number of amides is 2. The molecule has 1 aliphatic rings. The molecule has 0 radical (unpaired) electrons. The van der Waals surface area contributed by atoms with Gasteiger partial charge in [-0.05, 0) is 36.2 Å². The Morgan fingerprint density at radius 3 is 2.89 bits per heavy atom. The van der Waals surface area contributed by atoms with E-state index >= 15 is 0 Å². The molecule has 0 unspecified atom stereocenters. The molecule has 6 nitrogen and oxygen atoms in total. The fourth-order valence-electron chi connectivity index (χ4n) is 3.16. The highest BCUT2D eigenvalue weighted by molar-refractivity contribution is 5.99. The molecular weight excluding hydrogens is 342 g/mol. The lowest BCUT2D eigenvalue weighted by molar-refractivity contribution is -0.121. The van der Waals surface area contributed by atoms with Crippen LogP contribution in [-0.2, 0) is 22.4 Å². The summed E-state index contributed by atoms with van der Waals surface area (Å²) in [6, 6.07) is 15.1. The molecule has 0 saturated carbocycles. The van der Waals surface area contributed by atoms with E-state index in [9.17, 15) is 9.59 Å². The smallest absolute Gasteiger partial charge is 0.228 e. The monoisotopic (exact) mass is 361 g/mol. The third-order valence-electron chi connectivity index (χ3n) is 4.55. The Balaban J connectivity index is 1.39. The van der Waals surface area contributed by atoms with E-state index in [1.165, 1.54) is 6.26 Å². The number of hydrogen-bond acceptors (Lipinski definition) is 4. The number of hydrogen-bond donors (Lipinski definition) is 2. The Labute approximate surface area is 156 Å². The van der Waals surface area contributed by atoms with Gasteiger partial charge in [-0.25, -0.2) is 4.98 Å². The Hall–Kier alpha value is -3.41. The Kier molecular flexibility index (Phi) is 4.46. The van der Waals surface area contributed by atoms with Crippen molar-refractivity contribution in [3.63, 3.8) is 0 Å². The molecule has 1 aromatic heterocycles. The Morgan fingerprint density at radius 2 is 2.07 bits per heavy atom. The van der Waals surface area contributed by atoms with Crippen molar-refractivity contribution in [1.82, 2.24) is 10.3 Å². The molecule has 0 bridgehead atoms. The van der Waals surface area contributed by atoms with Crippen molar-refractivity contribution in [3.05, 3.63) is 71.6 Å². The summed E-state index contributed by atoms with van der Waals surface area (Å²) < 4.78 is 5.47. The third-order valence-corrected chi connectivity index (χ3v) is 4.55. The maximum atomic E-state index is 12.4. The number of carbonyl (C=O) groups excluding carboxylic acids is 2. The van der Waals surface area contributed by atoms with Gasteiger partial charge in [-0.3, -0.25) is 9.59 Å². The minimum Gasteiger partial charge on any atom is -0.444 e. The summed E-state index contributed by atoms with van der Waals surface area (Å²) in [6.07, 6.45) is 2.04. The second-order valence-electron chi connectivity index (χ2n) is 6.62. The van der Waals surface area contributed by atoms with E-state index in [4.69, 9.17) is 4.42 Å². The SMILES string of the molecule is C[C@H](NC(=O)Cc1coc(-c2ccccc2)n1)c1ccc2c(c1)CC(=O)N2. The first-order chi connectivity index (χ1) is 13.1. The van der Waals surface area contributed by atoms with Gasteiger partial charge in [0.25, 0.3) is 0 Å². The maximum absolute atomic E-state index is 12.4. The topological polar surface area (TPSA) is 84.2 Å². The predicted octanol–water partition coefficient (Wildman–Crippen LogP) is 3.26. The highest BCUT2D eigenvalue weighted by Crippen LogP contribution is 2.26. The van der Waals surface area contributed by atoms with Crippen molar-refractivity contribution in [3.8, 4) is 11.5 Å². The van der Waals surface area contributed by atoms with Crippen molar-refractivity contribution >= 4 is 17.5 Å². The van der Waals surface area contributed by atoms with Crippen molar-refractivity contribution in [2.24, 2.45) is 0 Å². The van der Waals surface area contributed by atoms with E-state index < -0.39 is 0 Å². The summed E-state index contributed by atoms with van der Waals surface area (Å²) >= 11 is 0. The minimum atomic E-state index is -0.168. The second-order valence-corrected chi connectivity index (χ2v) is 6.62. The summed E-state index contributed by atoms with van der Waals surface area (Å²) in [4.78, 5) is 28.2. The van der Waals surface area contributed by atoms with Crippen LogP contribution < -0.4 is 10.6 Å². The standard InChI is InChI=1S/C21H19N3O3/c1-13(15-7-8-18-16(9-15)10-19(25)24-18)22-20(26)11-17-12-27-21(23-17)14-5-3-2-4-6-14/h2-9,12-13H,10-11H2,1H3,(H,22,26)(H,24,25)/t13-/m0/s1. The lowest BCUT2D eigenvalue weighted by Gasteiger charge is -2.15. The summed E-state index contributed by atoms with van der Waals surface area (Å²) in [5.41, 5.74) is 4.23. The molecule has 4 rings (SSSR count). The quantitative estimate of drug-likeness (QED) is 0.731. The van der Waals surface area contributed by atoms with Gasteiger partial charge in [-0.15, -0.1) is 0 Å². The Bertz CT molecular complexity index is 995. The van der Waals surface area contributed by atoms with Gasteiger partial charge >= 0.3 is 0 Å². The molecule has 0 aliphatic carbocycles. The first-order valence-electron chi connectivity index (χ1n) is 8.80. The van der Waals surface area contributed by atoms with E-state index in [-0.39, 0.29) is 24.3 Å². The van der Waals surface area contributed by atoms with Crippen LogP contribution in [0.4, 0.5) is 5.69 Å².